The van der Waals surface area contributed by atoms with Crippen LogP contribution in [0.4, 0.5) is 0 Å². The van der Waals surface area contributed by atoms with Gasteiger partial charge in [0.1, 0.15) is 6.04 Å². The van der Waals surface area contributed by atoms with Gasteiger partial charge in [-0.25, -0.2) is 4.79 Å². The molecular formula is C28H24BrNO5. The molecule has 1 aliphatic carbocycles. The number of imide groups is 1. The highest BCUT2D eigenvalue weighted by Crippen LogP contribution is 2.39. The lowest BCUT2D eigenvalue weighted by molar-refractivity contribution is -0.147. The summed E-state index contributed by atoms with van der Waals surface area (Å²) in [6.45, 7) is 3.34. The molecule has 35 heavy (non-hydrogen) atoms. The van der Waals surface area contributed by atoms with E-state index in [1.165, 1.54) is 0 Å². The summed E-state index contributed by atoms with van der Waals surface area (Å²) in [6.07, 6.45) is 2.00. The van der Waals surface area contributed by atoms with E-state index in [1.807, 2.05) is 26.0 Å². The number of rotatable bonds is 7. The van der Waals surface area contributed by atoms with Crippen LogP contribution in [0.3, 0.4) is 0 Å². The molecule has 0 N–H and O–H groups in total. The molecule has 1 aliphatic heterocycles. The second-order valence-corrected chi connectivity index (χ2v) is 10.4. The summed E-state index contributed by atoms with van der Waals surface area (Å²) < 4.78 is 6.19. The van der Waals surface area contributed by atoms with Crippen molar-refractivity contribution < 1.29 is 23.9 Å². The van der Waals surface area contributed by atoms with Crippen LogP contribution in [0.5, 0.6) is 0 Å². The third-order valence-corrected chi connectivity index (χ3v) is 7.21. The van der Waals surface area contributed by atoms with E-state index in [-0.39, 0.29) is 18.1 Å². The van der Waals surface area contributed by atoms with Crippen molar-refractivity contribution in [2.24, 2.45) is 5.92 Å². The number of carbonyl (C=O) groups is 4. The van der Waals surface area contributed by atoms with Crippen LogP contribution in [0.1, 0.15) is 62.5 Å². The van der Waals surface area contributed by atoms with E-state index in [2.05, 4.69) is 15.9 Å². The maximum atomic E-state index is 13.6. The fourth-order valence-electron chi connectivity index (χ4n) is 5.03. The molecule has 0 unspecified atom stereocenters. The number of Topliss-reactive ketones (excluding diaryl/α,β-unsaturated/α-hetero) is 1. The van der Waals surface area contributed by atoms with E-state index < -0.39 is 30.4 Å². The average Bonchev–Trinajstić information content (AvgIpc) is 3.26. The van der Waals surface area contributed by atoms with Crippen molar-refractivity contribution in [3.63, 3.8) is 0 Å². The zero-order valence-corrected chi connectivity index (χ0v) is 21.1. The summed E-state index contributed by atoms with van der Waals surface area (Å²) in [5, 5.41) is 1.68. The van der Waals surface area contributed by atoms with Gasteiger partial charge in [-0.2, -0.15) is 0 Å². The normalized spacial score (nSPS) is 15.1. The second kappa shape index (κ2) is 9.04. The summed E-state index contributed by atoms with van der Waals surface area (Å²) in [4.78, 5) is 54.0. The van der Waals surface area contributed by atoms with E-state index in [9.17, 15) is 19.2 Å². The Labute approximate surface area is 211 Å². The van der Waals surface area contributed by atoms with E-state index in [0.29, 0.717) is 22.1 Å². The van der Waals surface area contributed by atoms with Crippen molar-refractivity contribution >= 4 is 50.3 Å². The highest BCUT2D eigenvalue weighted by Gasteiger charge is 2.42. The third kappa shape index (κ3) is 4.08. The van der Waals surface area contributed by atoms with Crippen LogP contribution < -0.4 is 0 Å². The molecule has 0 spiro atoms. The monoisotopic (exact) mass is 533 g/mol. The first kappa shape index (κ1) is 23.4. The van der Waals surface area contributed by atoms with E-state index in [0.717, 1.165) is 38.7 Å². The fourth-order valence-corrected chi connectivity index (χ4v) is 5.29. The van der Waals surface area contributed by atoms with Crippen LogP contribution in [0.15, 0.2) is 53.0 Å². The van der Waals surface area contributed by atoms with Crippen LogP contribution in [0, 0.1) is 5.92 Å². The summed E-state index contributed by atoms with van der Waals surface area (Å²) in [6, 6.07) is 13.0. The molecule has 1 heterocycles. The third-order valence-electron chi connectivity index (χ3n) is 6.69. The quantitative estimate of drug-likeness (QED) is 0.238. The van der Waals surface area contributed by atoms with E-state index in [4.69, 9.17) is 4.74 Å². The molecule has 0 saturated carbocycles. The largest absolute Gasteiger partial charge is 0.456 e. The summed E-state index contributed by atoms with van der Waals surface area (Å²) in [7, 11) is 0. The van der Waals surface area contributed by atoms with Crippen molar-refractivity contribution in [3.05, 3.63) is 80.8 Å². The van der Waals surface area contributed by atoms with Crippen LogP contribution >= 0.6 is 15.9 Å². The van der Waals surface area contributed by atoms with Gasteiger partial charge in [0.15, 0.2) is 12.4 Å². The summed E-state index contributed by atoms with van der Waals surface area (Å²) in [5.74, 6) is -2.12. The molecule has 7 heteroatoms. The molecule has 178 valence electrons. The lowest BCUT2D eigenvalue weighted by Gasteiger charge is -2.33. The number of halogens is 1. The van der Waals surface area contributed by atoms with Crippen LogP contribution in [-0.4, -0.2) is 41.1 Å². The number of benzene rings is 3. The van der Waals surface area contributed by atoms with Crippen LogP contribution in [0.25, 0.3) is 10.8 Å². The van der Waals surface area contributed by atoms with Gasteiger partial charge in [0, 0.05) is 26.5 Å². The van der Waals surface area contributed by atoms with Gasteiger partial charge >= 0.3 is 5.97 Å². The van der Waals surface area contributed by atoms with Gasteiger partial charge in [-0.1, -0.05) is 54.0 Å². The zero-order valence-electron chi connectivity index (χ0n) is 19.5. The minimum absolute atomic E-state index is 0.00331. The van der Waals surface area contributed by atoms with Crippen molar-refractivity contribution in [2.75, 3.05) is 6.61 Å². The number of amides is 2. The van der Waals surface area contributed by atoms with Gasteiger partial charge in [-0.3, -0.25) is 19.3 Å². The van der Waals surface area contributed by atoms with Crippen molar-refractivity contribution in [2.45, 2.75) is 39.2 Å². The number of ether oxygens (including phenoxy) is 1. The molecule has 0 radical (unpaired) electrons. The SMILES string of the molecule is CC(C)C[C@@H](C(=O)OCC(=O)c1ccc(Br)cc1)N1C(=O)c2ccc3c4c(ccc(c24)C1=O)CC3. The highest BCUT2D eigenvalue weighted by atomic mass is 79.9. The maximum Gasteiger partial charge on any atom is 0.329 e. The Balaban J connectivity index is 1.44. The number of hydrogen-bond donors (Lipinski definition) is 0. The topological polar surface area (TPSA) is 80.8 Å². The number of ketones is 1. The van der Waals surface area contributed by atoms with Crippen molar-refractivity contribution in [1.29, 1.82) is 0 Å². The zero-order chi connectivity index (χ0) is 24.9. The minimum atomic E-state index is -1.12. The molecule has 3 aromatic carbocycles. The second-order valence-electron chi connectivity index (χ2n) is 9.46. The van der Waals surface area contributed by atoms with Crippen LogP contribution in [0.2, 0.25) is 0 Å². The summed E-state index contributed by atoms with van der Waals surface area (Å²) >= 11 is 3.32. The lowest BCUT2D eigenvalue weighted by atomic mass is 9.89. The molecule has 0 fully saturated rings. The smallest absolute Gasteiger partial charge is 0.329 e. The number of nitrogens with zero attached hydrogens (tertiary/aromatic N) is 1. The van der Waals surface area contributed by atoms with E-state index in [1.54, 1.807) is 36.4 Å². The molecular weight excluding hydrogens is 510 g/mol. The number of carbonyl (C=O) groups excluding carboxylic acids is 4. The van der Waals surface area contributed by atoms with E-state index >= 15 is 0 Å². The number of aryl methyl sites for hydroxylation is 2. The molecule has 2 amide bonds. The molecule has 3 aromatic rings. The molecule has 0 saturated heterocycles. The Morgan fingerprint density at radius 3 is 2.00 bits per heavy atom. The van der Waals surface area contributed by atoms with Gasteiger partial charge in [-0.15, -0.1) is 0 Å². The van der Waals surface area contributed by atoms with Crippen molar-refractivity contribution in [1.82, 2.24) is 4.90 Å². The van der Waals surface area contributed by atoms with Crippen molar-refractivity contribution in [3.8, 4) is 0 Å². The lowest BCUT2D eigenvalue weighted by Crippen LogP contribution is -2.51. The Bertz CT molecular complexity index is 1330. The minimum Gasteiger partial charge on any atom is -0.456 e. The fraction of sp³-hybridized carbons (Fsp3) is 0.286. The first-order chi connectivity index (χ1) is 16.8. The van der Waals surface area contributed by atoms with Gasteiger partial charge in [0.05, 0.1) is 0 Å². The first-order valence-electron chi connectivity index (χ1n) is 11.7. The van der Waals surface area contributed by atoms with Crippen LogP contribution in [-0.2, 0) is 22.4 Å². The molecule has 0 aromatic heterocycles. The van der Waals surface area contributed by atoms with Gasteiger partial charge < -0.3 is 4.74 Å². The summed E-state index contributed by atoms with van der Waals surface area (Å²) in [5.41, 5.74) is 3.53. The average molecular weight is 534 g/mol. The number of hydrogen-bond acceptors (Lipinski definition) is 5. The molecule has 5 rings (SSSR count). The predicted molar refractivity (Wildman–Crippen MR) is 135 cm³/mol. The Morgan fingerprint density at radius 2 is 1.46 bits per heavy atom. The van der Waals surface area contributed by atoms with Gasteiger partial charge in [-0.05, 0) is 66.0 Å². The van der Waals surface area contributed by atoms with Gasteiger partial charge in [0.25, 0.3) is 11.8 Å². The molecule has 6 nitrogen and oxygen atoms in total. The number of esters is 1. The molecule has 0 bridgehead atoms. The Hall–Kier alpha value is -3.32. The Kier molecular flexibility index (Phi) is 6.05. The maximum absolute atomic E-state index is 13.6. The molecule has 1 atom stereocenters. The highest BCUT2D eigenvalue weighted by molar-refractivity contribution is 9.10. The predicted octanol–water partition coefficient (Wildman–Crippen LogP) is 5.14. The first-order valence-corrected chi connectivity index (χ1v) is 12.5. The molecule has 2 aliphatic rings. The Morgan fingerprint density at radius 1 is 0.886 bits per heavy atom. The van der Waals surface area contributed by atoms with Gasteiger partial charge in [0.2, 0.25) is 0 Å². The standard InChI is InChI=1S/C28H24BrNO5/c1-15(2)13-22(28(34)35-14-23(31)16-5-9-19(29)10-6-16)30-26(32)20-11-7-17-3-4-18-8-12-21(27(30)33)25(20)24(17)18/h5-12,15,22H,3-4,13-14H2,1-2H3/t22-/m0/s1.